The van der Waals surface area contributed by atoms with Crippen LogP contribution in [0.1, 0.15) is 36.6 Å². The Hall–Kier alpha value is -4.57. The third-order valence-electron chi connectivity index (χ3n) is 5.07. The maximum atomic E-state index is 12.5. The standard InChI is InChI=1S/C24H15ClN2O8/c25-16-8-10-17(11-9-16)35-24(31)15-6-4-14(5-7-15)13-34-20(28)12-26-22(29)18-2-1-3-19(27(32)33)21(18)23(26)30/h1-11H,12-13H2. The number of imide groups is 1. The molecule has 0 aromatic heterocycles. The molecule has 0 atom stereocenters. The summed E-state index contributed by atoms with van der Waals surface area (Å²) in [7, 11) is 0. The minimum Gasteiger partial charge on any atom is -0.459 e. The zero-order valence-corrected chi connectivity index (χ0v) is 18.6. The normalized spacial score (nSPS) is 12.3. The van der Waals surface area contributed by atoms with Crippen molar-refractivity contribution in [2.24, 2.45) is 0 Å². The minimum atomic E-state index is -0.933. The van der Waals surface area contributed by atoms with Crippen molar-refractivity contribution in [3.05, 3.63) is 104 Å². The van der Waals surface area contributed by atoms with Crippen molar-refractivity contribution in [3.63, 3.8) is 0 Å². The van der Waals surface area contributed by atoms with Crippen molar-refractivity contribution in [1.82, 2.24) is 4.90 Å². The number of nitro benzene ring substituents is 1. The first kappa shape index (κ1) is 23.6. The lowest BCUT2D eigenvalue weighted by molar-refractivity contribution is -0.385. The van der Waals surface area contributed by atoms with Gasteiger partial charge in [0, 0.05) is 11.1 Å². The molecule has 0 aliphatic carbocycles. The van der Waals surface area contributed by atoms with Gasteiger partial charge in [-0.1, -0.05) is 29.8 Å². The van der Waals surface area contributed by atoms with E-state index in [0.717, 1.165) is 6.07 Å². The zero-order valence-electron chi connectivity index (χ0n) is 17.8. The Kier molecular flexibility index (Phi) is 6.56. The Balaban J connectivity index is 1.33. The van der Waals surface area contributed by atoms with Crippen LogP contribution in [-0.4, -0.2) is 40.1 Å². The largest absolute Gasteiger partial charge is 0.459 e. The Morgan fingerprint density at radius 1 is 0.943 bits per heavy atom. The number of nitrogens with zero attached hydrogens (tertiary/aromatic N) is 2. The fourth-order valence-corrected chi connectivity index (χ4v) is 3.48. The smallest absolute Gasteiger partial charge is 0.343 e. The second-order valence-corrected chi connectivity index (χ2v) is 7.79. The number of carbonyl (C=O) groups excluding carboxylic acids is 4. The summed E-state index contributed by atoms with van der Waals surface area (Å²) >= 11 is 5.80. The van der Waals surface area contributed by atoms with Crippen molar-refractivity contribution >= 4 is 41.0 Å². The van der Waals surface area contributed by atoms with Crippen LogP contribution in [0.3, 0.4) is 0 Å². The molecule has 35 heavy (non-hydrogen) atoms. The van der Waals surface area contributed by atoms with Crippen molar-refractivity contribution in [2.45, 2.75) is 6.61 Å². The van der Waals surface area contributed by atoms with Crippen molar-refractivity contribution in [3.8, 4) is 5.75 Å². The second-order valence-electron chi connectivity index (χ2n) is 7.35. The molecule has 4 rings (SSSR count). The van der Waals surface area contributed by atoms with Gasteiger partial charge in [0.2, 0.25) is 0 Å². The molecule has 1 aliphatic rings. The van der Waals surface area contributed by atoms with E-state index in [1.165, 1.54) is 24.3 Å². The first-order valence-corrected chi connectivity index (χ1v) is 10.5. The fourth-order valence-electron chi connectivity index (χ4n) is 3.36. The highest BCUT2D eigenvalue weighted by molar-refractivity contribution is 6.30. The number of benzene rings is 3. The van der Waals surface area contributed by atoms with Gasteiger partial charge in [0.25, 0.3) is 17.5 Å². The first-order valence-electron chi connectivity index (χ1n) is 10.1. The van der Waals surface area contributed by atoms with Crippen LogP contribution >= 0.6 is 11.6 Å². The molecule has 2 amide bonds. The number of esters is 2. The van der Waals surface area contributed by atoms with Crippen molar-refractivity contribution in [1.29, 1.82) is 0 Å². The summed E-state index contributed by atoms with van der Waals surface area (Å²) in [6.45, 7) is -0.885. The molecule has 3 aromatic rings. The summed E-state index contributed by atoms with van der Waals surface area (Å²) in [4.78, 5) is 60.5. The number of amides is 2. The molecular formula is C24H15ClN2O8. The SMILES string of the molecule is O=C(CN1C(=O)c2cccc([N+](=O)[O-])c2C1=O)OCc1ccc(C(=O)Oc2ccc(Cl)cc2)cc1. The van der Waals surface area contributed by atoms with E-state index in [2.05, 4.69) is 0 Å². The van der Waals surface area contributed by atoms with Crippen LogP contribution in [0.2, 0.25) is 5.02 Å². The average Bonchev–Trinajstić information content (AvgIpc) is 3.09. The van der Waals surface area contributed by atoms with E-state index in [1.807, 2.05) is 0 Å². The molecule has 3 aromatic carbocycles. The highest BCUT2D eigenvalue weighted by Crippen LogP contribution is 2.30. The number of fused-ring (bicyclic) bond motifs is 1. The van der Waals surface area contributed by atoms with Gasteiger partial charge in [-0.2, -0.15) is 0 Å². The van der Waals surface area contributed by atoms with Crippen LogP contribution in [0.25, 0.3) is 0 Å². The Morgan fingerprint density at radius 3 is 2.29 bits per heavy atom. The van der Waals surface area contributed by atoms with E-state index in [0.29, 0.717) is 21.2 Å². The van der Waals surface area contributed by atoms with E-state index in [1.54, 1.807) is 36.4 Å². The molecule has 1 heterocycles. The maximum Gasteiger partial charge on any atom is 0.343 e. The van der Waals surface area contributed by atoms with Gasteiger partial charge in [0.15, 0.2) is 0 Å². The summed E-state index contributed by atoms with van der Waals surface area (Å²) in [5.41, 5.74) is -0.192. The predicted molar refractivity (Wildman–Crippen MR) is 121 cm³/mol. The summed E-state index contributed by atoms with van der Waals surface area (Å²) in [5.74, 6) is -2.88. The van der Waals surface area contributed by atoms with Crippen LogP contribution in [0, 0.1) is 10.1 Å². The van der Waals surface area contributed by atoms with E-state index < -0.39 is 40.9 Å². The molecule has 0 saturated heterocycles. The predicted octanol–water partition coefficient (Wildman–Crippen LogP) is 3.81. The Morgan fingerprint density at radius 2 is 1.63 bits per heavy atom. The Bertz CT molecular complexity index is 1350. The van der Waals surface area contributed by atoms with E-state index in [9.17, 15) is 29.3 Å². The molecule has 0 bridgehead atoms. The Labute approximate surface area is 202 Å². The molecule has 0 spiro atoms. The number of nitro groups is 1. The highest BCUT2D eigenvalue weighted by atomic mass is 35.5. The van der Waals surface area contributed by atoms with E-state index >= 15 is 0 Å². The lowest BCUT2D eigenvalue weighted by Crippen LogP contribution is -2.35. The van der Waals surface area contributed by atoms with Gasteiger partial charge < -0.3 is 9.47 Å². The lowest BCUT2D eigenvalue weighted by Gasteiger charge is -2.13. The summed E-state index contributed by atoms with van der Waals surface area (Å²) in [5, 5.41) is 11.7. The highest BCUT2D eigenvalue weighted by Gasteiger charge is 2.41. The third kappa shape index (κ3) is 5.02. The van der Waals surface area contributed by atoms with Gasteiger partial charge in [-0.05, 0) is 48.0 Å². The van der Waals surface area contributed by atoms with E-state index in [4.69, 9.17) is 21.1 Å². The number of hydrogen-bond donors (Lipinski definition) is 0. The van der Waals surface area contributed by atoms with Crippen molar-refractivity contribution < 1.29 is 33.6 Å². The van der Waals surface area contributed by atoms with Crippen molar-refractivity contribution in [2.75, 3.05) is 6.54 Å². The van der Waals surface area contributed by atoms with Gasteiger partial charge in [-0.15, -0.1) is 0 Å². The molecule has 0 unspecified atom stereocenters. The number of hydrogen-bond acceptors (Lipinski definition) is 8. The quantitative estimate of drug-likeness (QED) is 0.159. The number of halogens is 1. The summed E-state index contributed by atoms with van der Waals surface area (Å²) in [6, 6.07) is 16.1. The molecule has 0 fully saturated rings. The summed E-state index contributed by atoms with van der Waals surface area (Å²) in [6.07, 6.45) is 0. The average molecular weight is 495 g/mol. The number of rotatable bonds is 7. The number of carbonyl (C=O) groups is 4. The molecule has 0 saturated carbocycles. The third-order valence-corrected chi connectivity index (χ3v) is 5.33. The maximum absolute atomic E-state index is 12.5. The van der Waals surface area contributed by atoms with Gasteiger partial charge in [-0.25, -0.2) is 4.79 Å². The molecule has 0 N–H and O–H groups in total. The summed E-state index contributed by atoms with van der Waals surface area (Å²) < 4.78 is 10.4. The minimum absolute atomic E-state index is 0.141. The lowest BCUT2D eigenvalue weighted by atomic mass is 10.1. The molecule has 0 radical (unpaired) electrons. The van der Waals surface area contributed by atoms with Crippen LogP contribution in [0.5, 0.6) is 5.75 Å². The monoisotopic (exact) mass is 494 g/mol. The zero-order chi connectivity index (χ0) is 25.1. The van der Waals surface area contributed by atoms with Crippen LogP contribution in [-0.2, 0) is 16.1 Å². The molecule has 1 aliphatic heterocycles. The van der Waals surface area contributed by atoms with E-state index in [-0.39, 0.29) is 23.3 Å². The topological polar surface area (TPSA) is 133 Å². The van der Waals surface area contributed by atoms with Crippen LogP contribution < -0.4 is 4.74 Å². The van der Waals surface area contributed by atoms with Gasteiger partial charge in [0.05, 0.1) is 16.1 Å². The second kappa shape index (κ2) is 9.74. The molecule has 176 valence electrons. The molecule has 11 heteroatoms. The van der Waals surface area contributed by atoms with Gasteiger partial charge in [0.1, 0.15) is 24.5 Å². The first-order chi connectivity index (χ1) is 16.7. The van der Waals surface area contributed by atoms with Crippen LogP contribution in [0.15, 0.2) is 66.7 Å². The fraction of sp³-hybridized carbons (Fsp3) is 0.0833. The van der Waals surface area contributed by atoms with Gasteiger partial charge in [-0.3, -0.25) is 29.4 Å². The number of ether oxygens (including phenoxy) is 2. The van der Waals surface area contributed by atoms with Crippen LogP contribution in [0.4, 0.5) is 5.69 Å². The van der Waals surface area contributed by atoms with Gasteiger partial charge >= 0.3 is 11.9 Å². The molecular weight excluding hydrogens is 480 g/mol. The molecule has 10 nitrogen and oxygen atoms in total.